The molecule has 1 saturated carbocycles. The summed E-state index contributed by atoms with van der Waals surface area (Å²) in [5.74, 6) is 0.915. The highest BCUT2D eigenvalue weighted by atomic mass is 14.8. The summed E-state index contributed by atoms with van der Waals surface area (Å²) in [5, 5.41) is 0. The molecule has 0 radical (unpaired) electrons. The fraction of sp³-hybridized carbons (Fsp3) is 1.00. The predicted octanol–water partition coefficient (Wildman–Crippen LogP) is 1.24. The Labute approximate surface area is 69.3 Å². The molecule has 2 nitrogen and oxygen atoms in total. The Bertz CT molecular complexity index is 115. The van der Waals surface area contributed by atoms with E-state index in [-0.39, 0.29) is 5.54 Å². The summed E-state index contributed by atoms with van der Waals surface area (Å²) in [5.41, 5.74) is 11.6. The van der Waals surface area contributed by atoms with E-state index >= 15 is 0 Å². The Morgan fingerprint density at radius 3 is 2.27 bits per heavy atom. The monoisotopic (exact) mass is 156 g/mol. The van der Waals surface area contributed by atoms with Crippen molar-refractivity contribution in [1.82, 2.24) is 0 Å². The van der Waals surface area contributed by atoms with E-state index in [0.29, 0.717) is 6.54 Å². The van der Waals surface area contributed by atoms with Crippen LogP contribution < -0.4 is 11.5 Å². The minimum absolute atomic E-state index is 0.0222. The van der Waals surface area contributed by atoms with E-state index in [4.69, 9.17) is 11.5 Å². The van der Waals surface area contributed by atoms with Gasteiger partial charge in [-0.25, -0.2) is 0 Å². The van der Waals surface area contributed by atoms with E-state index in [2.05, 4.69) is 6.92 Å². The molecule has 1 rings (SSSR count). The van der Waals surface area contributed by atoms with Crippen LogP contribution in [0.5, 0.6) is 0 Å². The summed E-state index contributed by atoms with van der Waals surface area (Å²) in [6.45, 7) is 2.92. The van der Waals surface area contributed by atoms with Crippen LogP contribution in [0.3, 0.4) is 0 Å². The topological polar surface area (TPSA) is 52.0 Å². The molecule has 0 aliphatic heterocycles. The van der Waals surface area contributed by atoms with E-state index in [9.17, 15) is 0 Å². The largest absolute Gasteiger partial charge is 0.329 e. The van der Waals surface area contributed by atoms with Crippen LogP contribution in [0.15, 0.2) is 0 Å². The lowest BCUT2D eigenvalue weighted by atomic mass is 9.76. The van der Waals surface area contributed by atoms with E-state index in [1.165, 1.54) is 19.3 Å². The second kappa shape index (κ2) is 3.55. The van der Waals surface area contributed by atoms with Crippen LogP contribution in [0.4, 0.5) is 0 Å². The fourth-order valence-electron chi connectivity index (χ4n) is 1.86. The lowest BCUT2D eigenvalue weighted by Gasteiger charge is -2.35. The summed E-state index contributed by atoms with van der Waals surface area (Å²) in [4.78, 5) is 0. The van der Waals surface area contributed by atoms with Crippen LogP contribution >= 0.6 is 0 Å². The molecule has 0 saturated heterocycles. The highest BCUT2D eigenvalue weighted by Crippen LogP contribution is 2.31. The average Bonchev–Trinajstić information content (AvgIpc) is 2.06. The molecule has 0 spiro atoms. The van der Waals surface area contributed by atoms with Gasteiger partial charge in [-0.3, -0.25) is 0 Å². The maximum atomic E-state index is 6.05. The molecule has 0 amide bonds. The van der Waals surface area contributed by atoms with Crippen molar-refractivity contribution in [2.24, 2.45) is 17.4 Å². The normalized spacial score (nSPS) is 39.0. The fourth-order valence-corrected chi connectivity index (χ4v) is 1.86. The molecule has 1 aliphatic rings. The SMILES string of the molecule is CCC1CCC(N)(CN)CC1. The van der Waals surface area contributed by atoms with Gasteiger partial charge in [-0.1, -0.05) is 13.3 Å². The minimum atomic E-state index is -0.0222. The summed E-state index contributed by atoms with van der Waals surface area (Å²) in [7, 11) is 0. The molecule has 1 aliphatic carbocycles. The van der Waals surface area contributed by atoms with Crippen molar-refractivity contribution < 1.29 is 0 Å². The molecule has 0 atom stereocenters. The third-order valence-corrected chi connectivity index (χ3v) is 3.08. The number of hydrogen-bond acceptors (Lipinski definition) is 2. The number of rotatable bonds is 2. The van der Waals surface area contributed by atoms with Gasteiger partial charge < -0.3 is 11.5 Å². The van der Waals surface area contributed by atoms with Crippen molar-refractivity contribution in [2.45, 2.75) is 44.6 Å². The van der Waals surface area contributed by atoms with Crippen molar-refractivity contribution in [3.63, 3.8) is 0 Å². The molecule has 1 fully saturated rings. The molecule has 66 valence electrons. The Hall–Kier alpha value is -0.0800. The summed E-state index contributed by atoms with van der Waals surface area (Å²) >= 11 is 0. The molecule has 0 aromatic carbocycles. The Morgan fingerprint density at radius 2 is 1.91 bits per heavy atom. The molecule has 0 aromatic rings. The van der Waals surface area contributed by atoms with Gasteiger partial charge in [-0.15, -0.1) is 0 Å². The van der Waals surface area contributed by atoms with E-state index in [0.717, 1.165) is 18.8 Å². The molecule has 0 heterocycles. The van der Waals surface area contributed by atoms with Gasteiger partial charge in [-0.05, 0) is 31.6 Å². The first-order chi connectivity index (χ1) is 5.20. The standard InChI is InChI=1S/C9H20N2/c1-2-8-3-5-9(11,7-10)6-4-8/h8H,2-7,10-11H2,1H3. The molecule has 0 unspecified atom stereocenters. The molecule has 0 aromatic heterocycles. The molecule has 2 heteroatoms. The lowest BCUT2D eigenvalue weighted by molar-refractivity contribution is 0.235. The molecule has 4 N–H and O–H groups in total. The van der Waals surface area contributed by atoms with Crippen LogP contribution in [-0.4, -0.2) is 12.1 Å². The minimum Gasteiger partial charge on any atom is -0.329 e. The Balaban J connectivity index is 2.35. The lowest BCUT2D eigenvalue weighted by Crippen LogP contribution is -2.49. The Morgan fingerprint density at radius 1 is 1.36 bits per heavy atom. The van der Waals surface area contributed by atoms with Gasteiger partial charge in [0.1, 0.15) is 0 Å². The molecular weight excluding hydrogens is 136 g/mol. The second-order valence-electron chi connectivity index (χ2n) is 3.92. The quantitative estimate of drug-likeness (QED) is 0.632. The van der Waals surface area contributed by atoms with Crippen LogP contribution in [-0.2, 0) is 0 Å². The first-order valence-electron chi connectivity index (χ1n) is 4.69. The van der Waals surface area contributed by atoms with E-state index < -0.39 is 0 Å². The van der Waals surface area contributed by atoms with Gasteiger partial charge in [0.15, 0.2) is 0 Å². The first-order valence-corrected chi connectivity index (χ1v) is 4.69. The van der Waals surface area contributed by atoms with Gasteiger partial charge in [0.05, 0.1) is 0 Å². The van der Waals surface area contributed by atoms with E-state index in [1.54, 1.807) is 0 Å². The maximum absolute atomic E-state index is 6.05. The summed E-state index contributed by atoms with van der Waals surface area (Å²) in [6, 6.07) is 0. The van der Waals surface area contributed by atoms with Gasteiger partial charge in [0, 0.05) is 12.1 Å². The van der Waals surface area contributed by atoms with Crippen molar-refractivity contribution in [1.29, 1.82) is 0 Å². The van der Waals surface area contributed by atoms with Gasteiger partial charge in [0.25, 0.3) is 0 Å². The Kier molecular flexibility index (Phi) is 2.90. The van der Waals surface area contributed by atoms with Crippen LogP contribution in [0, 0.1) is 5.92 Å². The highest BCUT2D eigenvalue weighted by molar-refractivity contribution is 4.90. The highest BCUT2D eigenvalue weighted by Gasteiger charge is 2.29. The molecule has 0 bridgehead atoms. The second-order valence-corrected chi connectivity index (χ2v) is 3.92. The van der Waals surface area contributed by atoms with Crippen LogP contribution in [0.25, 0.3) is 0 Å². The van der Waals surface area contributed by atoms with Crippen molar-refractivity contribution in [3.05, 3.63) is 0 Å². The summed E-state index contributed by atoms with van der Waals surface area (Å²) in [6.07, 6.45) is 6.12. The smallest absolute Gasteiger partial charge is 0.0278 e. The van der Waals surface area contributed by atoms with Crippen molar-refractivity contribution in [3.8, 4) is 0 Å². The van der Waals surface area contributed by atoms with E-state index in [1.807, 2.05) is 0 Å². The predicted molar refractivity (Wildman–Crippen MR) is 48.2 cm³/mol. The third-order valence-electron chi connectivity index (χ3n) is 3.08. The van der Waals surface area contributed by atoms with Crippen molar-refractivity contribution in [2.75, 3.05) is 6.54 Å². The van der Waals surface area contributed by atoms with Gasteiger partial charge in [0.2, 0.25) is 0 Å². The van der Waals surface area contributed by atoms with Crippen LogP contribution in [0.1, 0.15) is 39.0 Å². The van der Waals surface area contributed by atoms with Crippen LogP contribution in [0.2, 0.25) is 0 Å². The first kappa shape index (κ1) is 9.01. The average molecular weight is 156 g/mol. The maximum Gasteiger partial charge on any atom is 0.0278 e. The zero-order valence-electron chi connectivity index (χ0n) is 7.47. The zero-order chi connectivity index (χ0) is 8.32. The zero-order valence-corrected chi connectivity index (χ0v) is 7.47. The van der Waals surface area contributed by atoms with Crippen molar-refractivity contribution >= 4 is 0 Å². The third kappa shape index (κ3) is 2.17. The molecular formula is C9H20N2. The summed E-state index contributed by atoms with van der Waals surface area (Å²) < 4.78 is 0. The number of hydrogen-bond donors (Lipinski definition) is 2. The molecule has 11 heavy (non-hydrogen) atoms. The van der Waals surface area contributed by atoms with Gasteiger partial charge >= 0.3 is 0 Å². The van der Waals surface area contributed by atoms with Gasteiger partial charge in [-0.2, -0.15) is 0 Å². The number of nitrogens with two attached hydrogens (primary N) is 2.